The van der Waals surface area contributed by atoms with Crippen LogP contribution in [0.15, 0.2) is 11.4 Å². The molecule has 0 aromatic carbocycles. The molecule has 2 N–H and O–H groups in total. The Balaban J connectivity index is 2.64. The van der Waals surface area contributed by atoms with Gasteiger partial charge in [0.05, 0.1) is 25.8 Å². The summed E-state index contributed by atoms with van der Waals surface area (Å²) in [5.74, 6) is 4.83. The van der Waals surface area contributed by atoms with Crippen molar-refractivity contribution in [1.82, 2.24) is 4.31 Å². The van der Waals surface area contributed by atoms with Gasteiger partial charge in [0.25, 0.3) is 0 Å². The fraction of sp³-hybridized carbons (Fsp3) is 0.462. The maximum Gasteiger partial charge on any atom is 0.306 e. The van der Waals surface area contributed by atoms with E-state index in [9.17, 15) is 13.2 Å². The van der Waals surface area contributed by atoms with Gasteiger partial charge in [-0.05, 0) is 6.07 Å². The standard InChI is InChI=1S/C13H18N2O4S2/c1-15(21(17,18)7-5-13(16)19-2)9-12-8-11(10-20-12)4-3-6-14/h8,10H,5-7,9,14H2,1-2H3. The van der Waals surface area contributed by atoms with Crippen LogP contribution in [0.5, 0.6) is 0 Å². The van der Waals surface area contributed by atoms with Crippen LogP contribution in [0, 0.1) is 11.8 Å². The maximum atomic E-state index is 12.0. The molecule has 8 heteroatoms. The van der Waals surface area contributed by atoms with E-state index < -0.39 is 16.0 Å². The molecule has 0 aliphatic carbocycles. The number of hydrogen-bond donors (Lipinski definition) is 1. The van der Waals surface area contributed by atoms with Crippen molar-refractivity contribution in [3.63, 3.8) is 0 Å². The molecule has 0 aliphatic heterocycles. The number of rotatable bonds is 6. The van der Waals surface area contributed by atoms with E-state index in [0.717, 1.165) is 10.4 Å². The number of nitrogens with zero attached hydrogens (tertiary/aromatic N) is 1. The first-order valence-electron chi connectivity index (χ1n) is 6.16. The molecular formula is C13H18N2O4S2. The average molecular weight is 330 g/mol. The van der Waals surface area contributed by atoms with Gasteiger partial charge in [0.2, 0.25) is 10.0 Å². The molecule has 1 aromatic heterocycles. The lowest BCUT2D eigenvalue weighted by Gasteiger charge is -2.15. The third kappa shape index (κ3) is 5.85. The van der Waals surface area contributed by atoms with E-state index in [-0.39, 0.29) is 25.3 Å². The molecule has 0 amide bonds. The van der Waals surface area contributed by atoms with E-state index in [1.165, 1.54) is 29.8 Å². The minimum absolute atomic E-state index is 0.152. The zero-order chi connectivity index (χ0) is 15.9. The maximum absolute atomic E-state index is 12.0. The molecule has 0 atom stereocenters. The molecule has 1 heterocycles. The Morgan fingerprint density at radius 2 is 2.24 bits per heavy atom. The lowest BCUT2D eigenvalue weighted by atomic mass is 10.3. The van der Waals surface area contributed by atoms with Gasteiger partial charge < -0.3 is 10.5 Å². The van der Waals surface area contributed by atoms with E-state index in [2.05, 4.69) is 16.6 Å². The van der Waals surface area contributed by atoms with Crippen LogP contribution in [-0.2, 0) is 26.1 Å². The molecule has 0 aliphatic rings. The molecule has 0 unspecified atom stereocenters. The van der Waals surface area contributed by atoms with E-state index >= 15 is 0 Å². The van der Waals surface area contributed by atoms with Gasteiger partial charge in [-0.25, -0.2) is 8.42 Å². The van der Waals surface area contributed by atoms with E-state index in [4.69, 9.17) is 5.73 Å². The molecule has 0 radical (unpaired) electrons. The number of thiophene rings is 1. The Morgan fingerprint density at radius 3 is 2.86 bits per heavy atom. The Bertz CT molecular complexity index is 641. The topological polar surface area (TPSA) is 89.7 Å². The van der Waals surface area contributed by atoms with Gasteiger partial charge >= 0.3 is 5.97 Å². The van der Waals surface area contributed by atoms with Crippen molar-refractivity contribution < 1.29 is 17.9 Å². The fourth-order valence-electron chi connectivity index (χ4n) is 1.47. The van der Waals surface area contributed by atoms with Gasteiger partial charge in [-0.1, -0.05) is 11.8 Å². The van der Waals surface area contributed by atoms with Crippen molar-refractivity contribution in [2.45, 2.75) is 13.0 Å². The summed E-state index contributed by atoms with van der Waals surface area (Å²) in [6.07, 6.45) is -0.152. The SMILES string of the molecule is COC(=O)CCS(=O)(=O)N(C)Cc1cc(C#CCN)cs1. The summed E-state index contributed by atoms with van der Waals surface area (Å²) in [4.78, 5) is 11.9. The number of esters is 1. The van der Waals surface area contributed by atoms with Crippen LogP contribution in [0.25, 0.3) is 0 Å². The molecule has 0 saturated heterocycles. The second-order valence-electron chi connectivity index (χ2n) is 4.21. The van der Waals surface area contributed by atoms with Gasteiger partial charge in [0.1, 0.15) is 0 Å². The predicted octanol–water partition coefficient (Wildman–Crippen LogP) is 0.383. The first-order chi connectivity index (χ1) is 9.89. The zero-order valence-electron chi connectivity index (χ0n) is 12.0. The Labute approximate surface area is 128 Å². The summed E-state index contributed by atoms with van der Waals surface area (Å²) in [6.45, 7) is 0.533. The lowest BCUT2D eigenvalue weighted by Crippen LogP contribution is -2.29. The lowest BCUT2D eigenvalue weighted by molar-refractivity contribution is -0.140. The first-order valence-corrected chi connectivity index (χ1v) is 8.65. The molecule has 1 aromatic rings. The smallest absolute Gasteiger partial charge is 0.306 e. The molecular weight excluding hydrogens is 312 g/mol. The Hall–Kier alpha value is -1.40. The van der Waals surface area contributed by atoms with Crippen LogP contribution < -0.4 is 5.73 Å². The highest BCUT2D eigenvalue weighted by Gasteiger charge is 2.20. The van der Waals surface area contributed by atoms with Crippen molar-refractivity contribution in [2.75, 3.05) is 26.5 Å². The number of methoxy groups -OCH3 is 1. The second kappa shape index (κ2) is 8.14. The Kier molecular flexibility index (Phi) is 6.84. The number of nitrogens with two attached hydrogens (primary N) is 1. The van der Waals surface area contributed by atoms with Crippen LogP contribution in [0.2, 0.25) is 0 Å². The number of sulfonamides is 1. The molecule has 21 heavy (non-hydrogen) atoms. The highest BCUT2D eigenvalue weighted by molar-refractivity contribution is 7.89. The minimum Gasteiger partial charge on any atom is -0.469 e. The van der Waals surface area contributed by atoms with Crippen molar-refractivity contribution in [3.8, 4) is 11.8 Å². The van der Waals surface area contributed by atoms with Crippen LogP contribution in [-0.4, -0.2) is 45.1 Å². The average Bonchev–Trinajstić information content (AvgIpc) is 2.90. The number of carbonyl (C=O) groups is 1. The first kappa shape index (κ1) is 17.7. The third-order valence-electron chi connectivity index (χ3n) is 2.63. The number of carbonyl (C=O) groups excluding carboxylic acids is 1. The second-order valence-corrected chi connectivity index (χ2v) is 7.40. The monoisotopic (exact) mass is 330 g/mol. The minimum atomic E-state index is -3.49. The summed E-state index contributed by atoms with van der Waals surface area (Å²) in [5, 5.41) is 1.85. The van der Waals surface area contributed by atoms with E-state index in [1.54, 1.807) is 0 Å². The van der Waals surface area contributed by atoms with Gasteiger partial charge in [0, 0.05) is 29.4 Å². The summed E-state index contributed by atoms with van der Waals surface area (Å²) in [5.41, 5.74) is 6.11. The summed E-state index contributed by atoms with van der Waals surface area (Å²) < 4.78 is 29.7. The van der Waals surface area contributed by atoms with Crippen LogP contribution >= 0.6 is 11.3 Å². The zero-order valence-corrected chi connectivity index (χ0v) is 13.6. The van der Waals surface area contributed by atoms with E-state index in [1.807, 2.05) is 11.4 Å². The molecule has 1 rings (SSSR count). The fourth-order valence-corrected chi connectivity index (χ4v) is 3.49. The van der Waals surface area contributed by atoms with Crippen molar-refractivity contribution >= 4 is 27.3 Å². The van der Waals surface area contributed by atoms with Gasteiger partial charge in [-0.15, -0.1) is 11.3 Å². The predicted molar refractivity (Wildman–Crippen MR) is 82.1 cm³/mol. The number of hydrogen-bond acceptors (Lipinski definition) is 6. The summed E-state index contributed by atoms with van der Waals surface area (Å²) >= 11 is 1.43. The number of ether oxygens (including phenoxy) is 1. The molecule has 0 fully saturated rings. The van der Waals surface area contributed by atoms with Crippen molar-refractivity contribution in [2.24, 2.45) is 5.73 Å². The highest BCUT2D eigenvalue weighted by atomic mass is 32.2. The quantitative estimate of drug-likeness (QED) is 0.602. The van der Waals surface area contributed by atoms with Gasteiger partial charge in [-0.2, -0.15) is 4.31 Å². The molecule has 6 nitrogen and oxygen atoms in total. The van der Waals surface area contributed by atoms with Crippen molar-refractivity contribution in [3.05, 3.63) is 21.9 Å². The van der Waals surface area contributed by atoms with Crippen LogP contribution in [0.4, 0.5) is 0 Å². The van der Waals surface area contributed by atoms with Crippen LogP contribution in [0.3, 0.4) is 0 Å². The molecule has 0 bridgehead atoms. The molecule has 0 saturated carbocycles. The highest BCUT2D eigenvalue weighted by Crippen LogP contribution is 2.17. The molecule has 116 valence electrons. The Morgan fingerprint density at radius 1 is 1.52 bits per heavy atom. The third-order valence-corrected chi connectivity index (χ3v) is 5.35. The summed E-state index contributed by atoms with van der Waals surface area (Å²) in [7, 11) is -0.774. The van der Waals surface area contributed by atoms with Crippen molar-refractivity contribution in [1.29, 1.82) is 0 Å². The molecule has 0 spiro atoms. The van der Waals surface area contributed by atoms with Gasteiger partial charge in [0.15, 0.2) is 0 Å². The van der Waals surface area contributed by atoms with Gasteiger partial charge in [-0.3, -0.25) is 4.79 Å². The van der Waals surface area contributed by atoms with E-state index in [0.29, 0.717) is 0 Å². The summed E-state index contributed by atoms with van der Waals surface area (Å²) in [6, 6.07) is 1.83. The normalized spacial score (nSPS) is 11.0. The van der Waals surface area contributed by atoms with Crippen LogP contribution in [0.1, 0.15) is 16.9 Å². The largest absolute Gasteiger partial charge is 0.469 e.